The Morgan fingerprint density at radius 1 is 0.362 bits per heavy atom. The van der Waals surface area contributed by atoms with Crippen LogP contribution in [0.25, 0.3) is 130 Å². The maximum atomic E-state index is 11.4. The second-order valence-electron chi connectivity index (χ2n) is 17.8. The molecular weight excluding hydrogens is 1720 g/mol. The summed E-state index contributed by atoms with van der Waals surface area (Å²) in [5.74, 6) is 0.340. The number of carbonyl (C=O) groups excluding carboxylic acids is 2. The lowest BCUT2D eigenvalue weighted by atomic mass is 10.1. The highest BCUT2D eigenvalue weighted by Crippen LogP contribution is 2.58. The van der Waals surface area contributed by atoms with E-state index in [2.05, 4.69) is 202 Å². The summed E-state index contributed by atoms with van der Waals surface area (Å²) in [6.07, 6.45) is 8.52. The molecule has 14 rings (SSSR count). The molecule has 0 aliphatic heterocycles. The van der Waals surface area contributed by atoms with Crippen LogP contribution in [0.1, 0.15) is 37.4 Å². The van der Waals surface area contributed by atoms with Gasteiger partial charge in [-0.25, -0.2) is 0 Å². The highest BCUT2D eigenvalue weighted by atomic mass is 79.9. The number of benzene rings is 4. The van der Waals surface area contributed by atoms with E-state index in [-0.39, 0.29) is 11.9 Å². The van der Waals surface area contributed by atoms with Crippen molar-refractivity contribution in [2.24, 2.45) is 0 Å². The highest BCUT2D eigenvalue weighted by molar-refractivity contribution is 9.12. The van der Waals surface area contributed by atoms with E-state index in [0.717, 1.165) is 47.7 Å². The van der Waals surface area contributed by atoms with Crippen LogP contribution in [0.3, 0.4) is 0 Å². The number of esters is 2. The van der Waals surface area contributed by atoms with Crippen molar-refractivity contribution in [1.82, 2.24) is 0 Å². The summed E-state index contributed by atoms with van der Waals surface area (Å²) >= 11 is 49.0. The largest absolute Gasteiger partial charge is 0.427 e. The number of hydrogen-bond donors (Lipinski definition) is 0. The molecule has 0 atom stereocenters. The fourth-order valence-electron chi connectivity index (χ4n) is 9.30. The maximum Gasteiger partial charge on any atom is 0.308 e. The minimum Gasteiger partial charge on any atom is -0.427 e. The van der Waals surface area contributed by atoms with Gasteiger partial charge in [0.1, 0.15) is 11.5 Å². The second-order valence-corrected chi connectivity index (χ2v) is 34.9. The number of thiophene rings is 10. The number of hydrogen-bond acceptors (Lipinski definition) is 14. The van der Waals surface area contributed by atoms with E-state index >= 15 is 0 Å². The Hall–Kier alpha value is -1.78. The molecule has 0 aliphatic carbocycles. The molecule has 400 valence electrons. The van der Waals surface area contributed by atoms with Gasteiger partial charge >= 0.3 is 11.9 Å². The molecule has 0 unspecified atom stereocenters. The van der Waals surface area contributed by atoms with Crippen LogP contribution in [0.5, 0.6) is 11.5 Å². The molecule has 0 aliphatic rings. The van der Waals surface area contributed by atoms with E-state index in [1.807, 2.05) is 104 Å². The Bertz CT molecular complexity index is 4690. The fourth-order valence-corrected chi connectivity index (χ4v) is 29.6. The first-order valence-corrected chi connectivity index (χ1v) is 38.2. The van der Waals surface area contributed by atoms with Crippen LogP contribution in [0.4, 0.5) is 0 Å². The number of fused-ring (bicyclic) bond motifs is 12. The molecule has 0 saturated carbocycles. The van der Waals surface area contributed by atoms with Crippen LogP contribution in [-0.2, 0) is 9.59 Å². The monoisotopic (exact) mass is 1740 g/mol. The van der Waals surface area contributed by atoms with Crippen molar-refractivity contribution in [2.45, 2.75) is 27.7 Å². The van der Waals surface area contributed by atoms with Gasteiger partial charge < -0.3 is 9.47 Å². The third kappa shape index (κ3) is 10.1. The summed E-state index contributed by atoms with van der Waals surface area (Å²) in [6.45, 7) is 6.92. The van der Waals surface area contributed by atoms with Crippen molar-refractivity contribution in [1.29, 1.82) is 0 Å². The molecule has 0 N–H and O–H groups in total. The number of allylic oxidation sites excluding steroid dienone is 2. The second kappa shape index (κ2) is 22.8. The van der Waals surface area contributed by atoms with Crippen molar-refractivity contribution in [3.63, 3.8) is 0 Å². The Morgan fingerprint density at radius 2 is 0.675 bits per heavy atom. The van der Waals surface area contributed by atoms with Crippen LogP contribution in [0.2, 0.25) is 0 Å². The lowest BCUT2D eigenvalue weighted by Gasteiger charge is -2.06. The van der Waals surface area contributed by atoms with Gasteiger partial charge in [-0.1, -0.05) is 12.2 Å². The number of carbonyl (C=O) groups is 2. The third-order valence-corrected chi connectivity index (χ3v) is 33.7. The van der Waals surface area contributed by atoms with Gasteiger partial charge in [-0.2, -0.15) is 0 Å². The van der Waals surface area contributed by atoms with Crippen molar-refractivity contribution >= 4 is 343 Å². The predicted octanol–water partition coefficient (Wildman–Crippen LogP) is 27.9. The van der Waals surface area contributed by atoms with Gasteiger partial charge in [0.25, 0.3) is 0 Å². The van der Waals surface area contributed by atoms with Crippen LogP contribution in [-0.4, -0.2) is 11.9 Å². The lowest BCUT2D eigenvalue weighted by molar-refractivity contribution is -0.132. The zero-order chi connectivity index (χ0) is 55.7. The van der Waals surface area contributed by atoms with Crippen molar-refractivity contribution in [3.05, 3.63) is 130 Å². The van der Waals surface area contributed by atoms with Gasteiger partial charge in [0.15, 0.2) is 0 Å². The van der Waals surface area contributed by atoms with Gasteiger partial charge in [-0.15, -0.1) is 113 Å². The highest BCUT2D eigenvalue weighted by Gasteiger charge is 2.26. The number of rotatable bonds is 8. The van der Waals surface area contributed by atoms with Crippen molar-refractivity contribution in [3.8, 4) is 51.9 Å². The van der Waals surface area contributed by atoms with Gasteiger partial charge in [-0.3, -0.25) is 9.59 Å². The zero-order valence-corrected chi connectivity index (χ0v) is 61.8. The summed E-state index contributed by atoms with van der Waals surface area (Å²) in [6, 6.07) is 25.2. The molecule has 80 heavy (non-hydrogen) atoms. The normalized spacial score (nSPS) is 12.2. The summed E-state index contributed by atoms with van der Waals surface area (Å²) in [4.78, 5) is 32.7. The Balaban J connectivity index is 0.000000152. The van der Waals surface area contributed by atoms with Crippen LogP contribution < -0.4 is 9.47 Å². The van der Waals surface area contributed by atoms with E-state index in [1.54, 1.807) is 45.3 Å². The third-order valence-electron chi connectivity index (χ3n) is 12.6. The molecule has 0 amide bonds. The molecule has 10 heterocycles. The van der Waals surface area contributed by atoms with Gasteiger partial charge in [0, 0.05) is 93.0 Å². The van der Waals surface area contributed by atoms with E-state index in [1.165, 1.54) is 130 Å². The molecule has 22 heteroatoms. The quantitative estimate of drug-likeness (QED) is 0.112. The zero-order valence-electron chi connectivity index (χ0n) is 41.0. The van der Waals surface area contributed by atoms with Crippen LogP contribution >= 0.6 is 241 Å². The van der Waals surface area contributed by atoms with Crippen LogP contribution in [0, 0.1) is 0 Å². The summed E-state index contributed by atoms with van der Waals surface area (Å²) in [5, 5.41) is 5.22. The van der Waals surface area contributed by atoms with E-state index in [9.17, 15) is 9.59 Å². The molecule has 10 aromatic heterocycles. The minimum atomic E-state index is -0.343. The molecule has 4 nitrogen and oxygen atoms in total. The van der Waals surface area contributed by atoms with Gasteiger partial charge in [0.2, 0.25) is 0 Å². The Kier molecular flexibility index (Phi) is 16.3. The first-order chi connectivity index (χ1) is 38.5. The van der Waals surface area contributed by atoms with Gasteiger partial charge in [0.05, 0.1) is 84.8 Å². The first-order valence-electron chi connectivity index (χ1n) is 23.7. The molecule has 0 saturated heterocycles. The minimum absolute atomic E-state index is 0.343. The Labute approximate surface area is 563 Å². The number of halogens is 8. The standard InChI is InChI=1S/C30H14Br4O4S4.C28H14Br4S6/c1-11(35)37-13-3-5-15(19(31)7-13)25-23(33)29-27(41-25)17-9-22-18(10-21(17)39-29)28-30(40-22)24(34)26(42-28)16-6-4-14(8-20(16)32)38-12(2)36;1-3-5-11-7-15(29)23(33-11)27-19(31)25-21(37-27)13-9-18-14(10-17(13)35-25)22-26(36-18)20(32)28(38-22)24-16(30)8-12(34-24)6-4-2/h3-10H,1-2H3;3-10H,1-2H3/b;5-3+,6-4+. The summed E-state index contributed by atoms with van der Waals surface area (Å²) in [7, 11) is 0. The first kappa shape index (κ1) is 57.3. The number of ether oxygens (including phenoxy) is 2. The molecular formula is C58H28Br8O4S10. The fraction of sp³-hybridized carbons (Fsp3) is 0.0690. The van der Waals surface area contributed by atoms with E-state index < -0.39 is 0 Å². The molecule has 0 spiro atoms. The van der Waals surface area contributed by atoms with Crippen molar-refractivity contribution in [2.75, 3.05) is 0 Å². The predicted molar refractivity (Wildman–Crippen MR) is 387 cm³/mol. The average Bonchev–Trinajstić information content (AvgIpc) is 4.51. The van der Waals surface area contributed by atoms with Crippen LogP contribution in [0.15, 0.2) is 121 Å². The average molecular weight is 1750 g/mol. The van der Waals surface area contributed by atoms with E-state index in [4.69, 9.17) is 9.47 Å². The Morgan fingerprint density at radius 3 is 0.975 bits per heavy atom. The lowest BCUT2D eigenvalue weighted by Crippen LogP contribution is -2.01. The maximum absolute atomic E-state index is 11.4. The molecule has 14 aromatic rings. The topological polar surface area (TPSA) is 52.6 Å². The van der Waals surface area contributed by atoms with Gasteiger partial charge in [-0.05, 0) is 226 Å². The van der Waals surface area contributed by atoms with E-state index in [0.29, 0.717) is 11.5 Å². The molecule has 0 fully saturated rings. The van der Waals surface area contributed by atoms with Crippen molar-refractivity contribution < 1.29 is 19.1 Å². The molecule has 0 radical (unpaired) electrons. The summed E-state index contributed by atoms with van der Waals surface area (Å²) < 4.78 is 34.7. The smallest absolute Gasteiger partial charge is 0.308 e. The summed E-state index contributed by atoms with van der Waals surface area (Å²) in [5.41, 5.74) is 2.08. The molecule has 0 bridgehead atoms. The molecule has 4 aromatic carbocycles. The SMILES string of the molecule is C/C=C/c1cc(Br)c(-c2sc3c(sc4cc5c(cc43)sc3c(Br)c(-c4sc(/C=C/C)cc4Br)sc35)c2Br)s1.CC(=O)Oc1ccc(-c2sc3c(sc4cc5c(cc43)sc3c(Br)c(-c4ccc(OC(C)=O)cc4Br)sc35)c2Br)c(Br)c1.